The number of halogens is 1. The third-order valence-electron chi connectivity index (χ3n) is 2.08. The standard InChI is InChI=1S/C8H8BrNO3S/c1-13-7-2-5-4-10-14(11,12)8(5)3-6(7)9/h2-3,10H,4H2,1H3. The largest absolute Gasteiger partial charge is 0.496 e. The first kappa shape index (κ1) is 9.95. The van der Waals surface area contributed by atoms with Crippen molar-refractivity contribution in [2.75, 3.05) is 7.11 Å². The molecule has 0 amide bonds. The zero-order valence-corrected chi connectivity index (χ0v) is 9.78. The summed E-state index contributed by atoms with van der Waals surface area (Å²) in [6.07, 6.45) is 0. The molecule has 0 bridgehead atoms. The lowest BCUT2D eigenvalue weighted by molar-refractivity contribution is 0.411. The van der Waals surface area contributed by atoms with Crippen molar-refractivity contribution < 1.29 is 13.2 Å². The van der Waals surface area contributed by atoms with Crippen molar-refractivity contribution >= 4 is 26.0 Å². The summed E-state index contributed by atoms with van der Waals surface area (Å²) in [4.78, 5) is 0.324. The molecule has 1 aromatic rings. The molecule has 1 N–H and O–H groups in total. The molecular weight excluding hydrogens is 270 g/mol. The van der Waals surface area contributed by atoms with Crippen LogP contribution in [0.3, 0.4) is 0 Å². The highest BCUT2D eigenvalue weighted by atomic mass is 79.9. The molecule has 1 aliphatic rings. The van der Waals surface area contributed by atoms with Gasteiger partial charge in [-0.2, -0.15) is 0 Å². The first-order chi connectivity index (χ1) is 6.54. The molecule has 0 saturated carbocycles. The van der Waals surface area contributed by atoms with Crippen molar-refractivity contribution in [3.63, 3.8) is 0 Å². The summed E-state index contributed by atoms with van der Waals surface area (Å²) in [5, 5.41) is 0. The summed E-state index contributed by atoms with van der Waals surface area (Å²) in [6, 6.07) is 3.28. The van der Waals surface area contributed by atoms with Crippen LogP contribution in [0.4, 0.5) is 0 Å². The molecular formula is C8H8BrNO3S. The highest BCUT2D eigenvalue weighted by molar-refractivity contribution is 9.10. The van der Waals surface area contributed by atoms with Crippen molar-refractivity contribution in [3.8, 4) is 5.75 Å². The highest BCUT2D eigenvalue weighted by Gasteiger charge is 2.26. The van der Waals surface area contributed by atoms with Crippen molar-refractivity contribution in [2.24, 2.45) is 0 Å². The second kappa shape index (κ2) is 3.22. The van der Waals surface area contributed by atoms with Gasteiger partial charge in [0.25, 0.3) is 0 Å². The van der Waals surface area contributed by atoms with Crippen molar-refractivity contribution in [3.05, 3.63) is 22.2 Å². The van der Waals surface area contributed by atoms with Gasteiger partial charge in [0.15, 0.2) is 0 Å². The predicted octanol–water partition coefficient (Wildman–Crippen LogP) is 1.25. The summed E-state index contributed by atoms with van der Waals surface area (Å²) in [7, 11) is -1.74. The van der Waals surface area contributed by atoms with Crippen LogP contribution in [0.5, 0.6) is 5.75 Å². The average molecular weight is 278 g/mol. The Labute approximate surface area is 90.4 Å². The van der Waals surface area contributed by atoms with Gasteiger partial charge in [-0.1, -0.05) is 0 Å². The summed E-state index contributed by atoms with van der Waals surface area (Å²) < 4.78 is 31.0. The fourth-order valence-electron chi connectivity index (χ4n) is 1.37. The minimum atomic E-state index is -3.29. The number of sulfonamides is 1. The number of benzene rings is 1. The third-order valence-corrected chi connectivity index (χ3v) is 4.18. The van der Waals surface area contributed by atoms with Crippen LogP contribution >= 0.6 is 15.9 Å². The lowest BCUT2D eigenvalue weighted by Crippen LogP contribution is -2.13. The first-order valence-corrected chi connectivity index (χ1v) is 6.18. The maximum absolute atomic E-state index is 11.4. The fraction of sp³-hybridized carbons (Fsp3) is 0.250. The lowest BCUT2D eigenvalue weighted by atomic mass is 10.2. The number of rotatable bonds is 1. The van der Waals surface area contributed by atoms with Crippen LogP contribution in [0, 0.1) is 0 Å². The van der Waals surface area contributed by atoms with Crippen molar-refractivity contribution in [1.82, 2.24) is 4.72 Å². The van der Waals surface area contributed by atoms with E-state index in [-0.39, 0.29) is 0 Å². The second-order valence-electron chi connectivity index (χ2n) is 2.92. The smallest absolute Gasteiger partial charge is 0.241 e. The monoisotopic (exact) mass is 277 g/mol. The Morgan fingerprint density at radius 3 is 2.86 bits per heavy atom. The van der Waals surface area contributed by atoms with Crippen molar-refractivity contribution in [2.45, 2.75) is 11.4 Å². The maximum Gasteiger partial charge on any atom is 0.241 e. The van der Waals surface area contributed by atoms with Crippen LogP contribution in [0.15, 0.2) is 21.5 Å². The van der Waals surface area contributed by atoms with Crippen LogP contribution in [0.1, 0.15) is 5.56 Å². The molecule has 76 valence electrons. The molecule has 4 nitrogen and oxygen atoms in total. The van der Waals surface area contributed by atoms with Gasteiger partial charge in [0.2, 0.25) is 10.0 Å². The molecule has 1 aromatic carbocycles. The van der Waals surface area contributed by atoms with Gasteiger partial charge >= 0.3 is 0 Å². The molecule has 6 heteroatoms. The van der Waals surface area contributed by atoms with E-state index in [1.807, 2.05) is 0 Å². The van der Waals surface area contributed by atoms with E-state index in [4.69, 9.17) is 4.74 Å². The Hall–Kier alpha value is -0.590. The first-order valence-electron chi connectivity index (χ1n) is 3.90. The molecule has 14 heavy (non-hydrogen) atoms. The van der Waals surface area contributed by atoms with Crippen LogP contribution in [-0.2, 0) is 16.6 Å². The van der Waals surface area contributed by atoms with E-state index in [2.05, 4.69) is 20.7 Å². The number of fused-ring (bicyclic) bond motifs is 1. The van der Waals surface area contributed by atoms with Gasteiger partial charge in [-0.25, -0.2) is 13.1 Å². The molecule has 0 fully saturated rings. The minimum absolute atomic E-state index is 0.324. The van der Waals surface area contributed by atoms with Gasteiger partial charge < -0.3 is 4.74 Å². The molecule has 0 aliphatic carbocycles. The Morgan fingerprint density at radius 2 is 2.21 bits per heavy atom. The number of hydrogen-bond acceptors (Lipinski definition) is 3. The fourth-order valence-corrected chi connectivity index (χ4v) is 3.28. The van der Waals surface area contributed by atoms with E-state index in [1.54, 1.807) is 19.2 Å². The van der Waals surface area contributed by atoms with Gasteiger partial charge in [-0.05, 0) is 33.6 Å². The average Bonchev–Trinajstić information content (AvgIpc) is 2.42. The molecule has 0 saturated heterocycles. The Bertz CT molecular complexity index is 484. The van der Waals surface area contributed by atoms with Gasteiger partial charge in [0.05, 0.1) is 16.5 Å². The van der Waals surface area contributed by atoms with Crippen LogP contribution in [-0.4, -0.2) is 15.5 Å². The van der Waals surface area contributed by atoms with Crippen LogP contribution in [0.25, 0.3) is 0 Å². The summed E-state index contributed by atoms with van der Waals surface area (Å²) in [6.45, 7) is 0.335. The summed E-state index contributed by atoms with van der Waals surface area (Å²) in [5.74, 6) is 0.641. The number of ether oxygens (including phenoxy) is 1. The van der Waals surface area contributed by atoms with Gasteiger partial charge in [0.1, 0.15) is 5.75 Å². The summed E-state index contributed by atoms with van der Waals surface area (Å²) in [5.41, 5.74) is 0.741. The zero-order chi connectivity index (χ0) is 10.3. The van der Waals surface area contributed by atoms with E-state index >= 15 is 0 Å². The summed E-state index contributed by atoms with van der Waals surface area (Å²) >= 11 is 3.24. The van der Waals surface area contributed by atoms with Crippen molar-refractivity contribution in [1.29, 1.82) is 0 Å². The Morgan fingerprint density at radius 1 is 1.50 bits per heavy atom. The molecule has 2 rings (SSSR count). The molecule has 0 atom stereocenters. The maximum atomic E-state index is 11.4. The van der Waals surface area contributed by atoms with Gasteiger partial charge in [-0.15, -0.1) is 0 Å². The van der Waals surface area contributed by atoms with Crippen LogP contribution < -0.4 is 9.46 Å². The van der Waals surface area contributed by atoms with Gasteiger partial charge in [0, 0.05) is 6.54 Å². The Balaban J connectivity index is 2.67. The quantitative estimate of drug-likeness (QED) is 0.841. The van der Waals surface area contributed by atoms with Crippen LogP contribution in [0.2, 0.25) is 0 Å². The lowest BCUT2D eigenvalue weighted by Gasteiger charge is -2.04. The number of nitrogens with one attached hydrogen (secondary N) is 1. The molecule has 1 aliphatic heterocycles. The van der Waals surface area contributed by atoms with E-state index in [0.29, 0.717) is 21.7 Å². The van der Waals surface area contributed by atoms with E-state index < -0.39 is 10.0 Å². The van der Waals surface area contributed by atoms with E-state index in [9.17, 15) is 8.42 Å². The van der Waals surface area contributed by atoms with E-state index in [0.717, 1.165) is 5.56 Å². The Kier molecular flexibility index (Phi) is 2.29. The molecule has 1 heterocycles. The third kappa shape index (κ3) is 1.43. The minimum Gasteiger partial charge on any atom is -0.496 e. The molecule has 0 radical (unpaired) electrons. The molecule has 0 aromatic heterocycles. The highest BCUT2D eigenvalue weighted by Crippen LogP contribution is 2.33. The topological polar surface area (TPSA) is 55.4 Å². The van der Waals surface area contributed by atoms with Gasteiger partial charge in [-0.3, -0.25) is 0 Å². The predicted molar refractivity (Wildman–Crippen MR) is 54.7 cm³/mol. The number of hydrogen-bond donors (Lipinski definition) is 1. The van der Waals surface area contributed by atoms with E-state index in [1.165, 1.54) is 0 Å². The molecule has 0 spiro atoms. The normalized spacial score (nSPS) is 17.9. The second-order valence-corrected chi connectivity index (χ2v) is 5.51. The SMILES string of the molecule is COc1cc2c(cc1Br)S(=O)(=O)NC2. The zero-order valence-electron chi connectivity index (χ0n) is 7.37. The number of methoxy groups -OCH3 is 1. The molecule has 0 unspecified atom stereocenters.